The van der Waals surface area contributed by atoms with Gasteiger partial charge in [-0.05, 0) is 44.8 Å². The van der Waals surface area contributed by atoms with E-state index < -0.39 is 6.18 Å². The Hall–Kier alpha value is -0.550. The molecule has 112 valence electrons. The molecule has 0 radical (unpaired) electrons. The average Bonchev–Trinajstić information content (AvgIpc) is 2.32. The first-order valence-corrected chi connectivity index (χ1v) is 7.09. The van der Waals surface area contributed by atoms with E-state index in [1.165, 1.54) is 6.08 Å². The molecule has 2 nitrogen and oxygen atoms in total. The predicted octanol–water partition coefficient (Wildman–Crippen LogP) is 3.21. The number of nitrogens with zero attached hydrogens (tertiary/aromatic N) is 1. The van der Waals surface area contributed by atoms with Gasteiger partial charge in [-0.15, -0.1) is 0 Å². The van der Waals surface area contributed by atoms with Crippen molar-refractivity contribution in [3.05, 3.63) is 11.6 Å². The van der Waals surface area contributed by atoms with Gasteiger partial charge in [0.2, 0.25) is 0 Å². The molecule has 0 amide bonds. The summed E-state index contributed by atoms with van der Waals surface area (Å²) in [7, 11) is 0. The quantitative estimate of drug-likeness (QED) is 0.568. The maximum atomic E-state index is 12.4. The smallest absolute Gasteiger partial charge is 0.316 e. The Morgan fingerprint density at radius 1 is 1.32 bits per heavy atom. The van der Waals surface area contributed by atoms with Gasteiger partial charge in [0.1, 0.15) is 0 Å². The minimum Gasteiger partial charge on any atom is -0.316 e. The lowest BCUT2D eigenvalue weighted by molar-refractivity contribution is -0.0960. The van der Waals surface area contributed by atoms with Crippen LogP contribution < -0.4 is 5.32 Å². The SMILES string of the molecule is CC(C)CNCCCCN1CC=C(C(F)(F)F)CC1. The first-order chi connectivity index (χ1) is 8.89. The van der Waals surface area contributed by atoms with E-state index in [1.807, 2.05) is 0 Å². The van der Waals surface area contributed by atoms with Crippen LogP contribution in [0.3, 0.4) is 0 Å². The van der Waals surface area contributed by atoms with E-state index in [0.29, 0.717) is 19.0 Å². The van der Waals surface area contributed by atoms with Crippen LogP contribution in [0.15, 0.2) is 11.6 Å². The molecule has 0 saturated heterocycles. The lowest BCUT2D eigenvalue weighted by Gasteiger charge is -2.27. The van der Waals surface area contributed by atoms with Crippen LogP contribution in [0, 0.1) is 5.92 Å². The maximum absolute atomic E-state index is 12.4. The summed E-state index contributed by atoms with van der Waals surface area (Å²) in [6.45, 7) is 8.23. The minimum atomic E-state index is -4.13. The zero-order chi connectivity index (χ0) is 14.3. The lowest BCUT2D eigenvalue weighted by atomic mass is 10.1. The Bertz CT molecular complexity index is 285. The highest BCUT2D eigenvalue weighted by Gasteiger charge is 2.34. The lowest BCUT2D eigenvalue weighted by Crippen LogP contribution is -2.33. The van der Waals surface area contributed by atoms with Crippen LogP contribution in [0.5, 0.6) is 0 Å². The first kappa shape index (κ1) is 16.5. The Balaban J connectivity index is 2.08. The van der Waals surface area contributed by atoms with E-state index in [1.54, 1.807) is 0 Å². The van der Waals surface area contributed by atoms with Crippen molar-refractivity contribution in [2.45, 2.75) is 39.3 Å². The van der Waals surface area contributed by atoms with Crippen LogP contribution in [0.4, 0.5) is 13.2 Å². The van der Waals surface area contributed by atoms with E-state index in [-0.39, 0.29) is 12.0 Å². The Morgan fingerprint density at radius 3 is 2.58 bits per heavy atom. The van der Waals surface area contributed by atoms with Crippen LogP contribution in [0.25, 0.3) is 0 Å². The topological polar surface area (TPSA) is 15.3 Å². The second kappa shape index (κ2) is 7.90. The van der Waals surface area contributed by atoms with Crippen LogP contribution >= 0.6 is 0 Å². The van der Waals surface area contributed by atoms with Gasteiger partial charge in [-0.25, -0.2) is 0 Å². The second-order valence-corrected chi connectivity index (χ2v) is 5.58. The van der Waals surface area contributed by atoms with Gasteiger partial charge in [0.05, 0.1) is 0 Å². The van der Waals surface area contributed by atoms with E-state index in [2.05, 4.69) is 24.1 Å². The largest absolute Gasteiger partial charge is 0.412 e. The standard InChI is InChI=1S/C14H25F3N2/c1-12(2)11-18-7-3-4-8-19-9-5-13(6-10-19)14(15,16)17/h5,12,18H,3-4,6-11H2,1-2H3. The van der Waals surface area contributed by atoms with Crippen LogP contribution in [0.2, 0.25) is 0 Å². The number of hydrogen-bond acceptors (Lipinski definition) is 2. The molecule has 5 heteroatoms. The van der Waals surface area contributed by atoms with Gasteiger partial charge in [0.25, 0.3) is 0 Å². The van der Waals surface area contributed by atoms with Gasteiger partial charge >= 0.3 is 6.18 Å². The molecule has 0 aliphatic carbocycles. The van der Waals surface area contributed by atoms with E-state index in [0.717, 1.165) is 32.5 Å². The molecule has 0 aromatic rings. The summed E-state index contributed by atoms with van der Waals surface area (Å²) in [5.74, 6) is 0.660. The molecular formula is C14H25F3N2. The van der Waals surface area contributed by atoms with Gasteiger partial charge < -0.3 is 5.32 Å². The van der Waals surface area contributed by atoms with Crippen molar-refractivity contribution >= 4 is 0 Å². The molecule has 0 fully saturated rings. The molecule has 1 rings (SSSR count). The van der Waals surface area contributed by atoms with E-state index in [4.69, 9.17) is 0 Å². The van der Waals surface area contributed by atoms with Crippen molar-refractivity contribution in [3.63, 3.8) is 0 Å². The molecule has 0 aromatic heterocycles. The highest BCUT2D eigenvalue weighted by molar-refractivity contribution is 5.12. The van der Waals surface area contributed by atoms with Crippen molar-refractivity contribution in [2.75, 3.05) is 32.7 Å². The Labute approximate surface area is 114 Å². The summed E-state index contributed by atoms with van der Waals surface area (Å²) in [6, 6.07) is 0. The van der Waals surface area contributed by atoms with Crippen molar-refractivity contribution in [1.82, 2.24) is 10.2 Å². The number of nitrogens with one attached hydrogen (secondary N) is 1. The van der Waals surface area contributed by atoms with Gasteiger partial charge in [0.15, 0.2) is 0 Å². The summed E-state index contributed by atoms with van der Waals surface area (Å²) in [5, 5.41) is 3.37. The third kappa shape index (κ3) is 6.97. The molecule has 0 unspecified atom stereocenters. The fourth-order valence-electron chi connectivity index (χ4n) is 2.15. The van der Waals surface area contributed by atoms with Crippen molar-refractivity contribution < 1.29 is 13.2 Å². The Morgan fingerprint density at radius 2 is 2.05 bits per heavy atom. The molecule has 19 heavy (non-hydrogen) atoms. The second-order valence-electron chi connectivity index (χ2n) is 5.58. The summed E-state index contributed by atoms with van der Waals surface area (Å²) in [6.07, 6.45) is -0.540. The maximum Gasteiger partial charge on any atom is 0.412 e. The molecule has 1 heterocycles. The number of hydrogen-bond donors (Lipinski definition) is 1. The molecule has 1 aliphatic rings. The highest BCUT2D eigenvalue weighted by atomic mass is 19.4. The molecule has 0 saturated carbocycles. The zero-order valence-electron chi connectivity index (χ0n) is 11.9. The number of unbranched alkanes of at least 4 members (excludes halogenated alkanes) is 1. The molecule has 0 atom stereocenters. The fourth-order valence-corrected chi connectivity index (χ4v) is 2.15. The average molecular weight is 278 g/mol. The van der Waals surface area contributed by atoms with Gasteiger partial charge in [-0.1, -0.05) is 19.9 Å². The van der Waals surface area contributed by atoms with Crippen LogP contribution in [-0.2, 0) is 0 Å². The predicted molar refractivity (Wildman–Crippen MR) is 72.1 cm³/mol. The molecule has 0 aromatic carbocycles. The molecule has 1 aliphatic heterocycles. The summed E-state index contributed by atoms with van der Waals surface area (Å²) >= 11 is 0. The highest BCUT2D eigenvalue weighted by Crippen LogP contribution is 2.30. The normalized spacial score (nSPS) is 17.9. The first-order valence-electron chi connectivity index (χ1n) is 7.09. The van der Waals surface area contributed by atoms with Crippen molar-refractivity contribution in [3.8, 4) is 0 Å². The molecule has 1 N–H and O–H groups in total. The minimum absolute atomic E-state index is 0.134. The van der Waals surface area contributed by atoms with E-state index in [9.17, 15) is 13.2 Å². The fraction of sp³-hybridized carbons (Fsp3) is 0.857. The zero-order valence-corrected chi connectivity index (χ0v) is 11.9. The van der Waals surface area contributed by atoms with Gasteiger partial charge in [-0.3, -0.25) is 4.90 Å². The van der Waals surface area contributed by atoms with Crippen molar-refractivity contribution in [1.29, 1.82) is 0 Å². The number of rotatable bonds is 7. The molecule has 0 spiro atoms. The van der Waals surface area contributed by atoms with Crippen molar-refractivity contribution in [2.24, 2.45) is 5.92 Å². The van der Waals surface area contributed by atoms with Gasteiger partial charge in [0, 0.05) is 18.7 Å². The summed E-state index contributed by atoms with van der Waals surface area (Å²) in [4.78, 5) is 2.09. The molecular weight excluding hydrogens is 253 g/mol. The molecule has 0 bridgehead atoms. The monoisotopic (exact) mass is 278 g/mol. The number of halogens is 3. The summed E-state index contributed by atoms with van der Waals surface area (Å²) < 4.78 is 37.3. The van der Waals surface area contributed by atoms with E-state index >= 15 is 0 Å². The third-order valence-electron chi connectivity index (χ3n) is 3.29. The van der Waals surface area contributed by atoms with Gasteiger partial charge in [-0.2, -0.15) is 13.2 Å². The Kier molecular flexibility index (Phi) is 6.86. The van der Waals surface area contributed by atoms with Crippen LogP contribution in [-0.4, -0.2) is 43.8 Å². The third-order valence-corrected chi connectivity index (χ3v) is 3.29. The summed E-state index contributed by atoms with van der Waals surface area (Å²) in [5.41, 5.74) is -0.359. The number of alkyl halides is 3. The van der Waals surface area contributed by atoms with Crippen LogP contribution in [0.1, 0.15) is 33.1 Å².